The molecule has 1 aromatic carbocycles. The predicted molar refractivity (Wildman–Crippen MR) is 78.5 cm³/mol. The zero-order valence-electron chi connectivity index (χ0n) is 8.78. The van der Waals surface area contributed by atoms with Crippen molar-refractivity contribution in [3.05, 3.63) is 37.4 Å². The number of aromatic amines is 1. The summed E-state index contributed by atoms with van der Waals surface area (Å²) in [4.78, 5) is 0. The molecule has 6 heteroatoms. The lowest BCUT2D eigenvalue weighted by Crippen LogP contribution is -2.02. The number of halogens is 2. The first-order valence-electron chi connectivity index (χ1n) is 5.29. The number of nitrogens with one attached hydrogen (secondary N) is 1. The fraction of sp³-hybridized carbons (Fsp3) is 0.273. The van der Waals surface area contributed by atoms with E-state index in [4.69, 9.17) is 23.8 Å². The van der Waals surface area contributed by atoms with Crippen molar-refractivity contribution in [2.75, 3.05) is 0 Å². The van der Waals surface area contributed by atoms with Crippen LogP contribution >= 0.6 is 46.4 Å². The molecule has 0 spiro atoms. The van der Waals surface area contributed by atoms with E-state index in [1.165, 1.54) is 12.8 Å². The topological polar surface area (TPSA) is 33.6 Å². The van der Waals surface area contributed by atoms with Gasteiger partial charge in [0.15, 0.2) is 4.77 Å². The molecule has 0 radical (unpaired) electrons. The average molecular weight is 378 g/mol. The molecule has 2 aromatic rings. The molecule has 0 atom stereocenters. The third-order valence-corrected chi connectivity index (χ3v) is 4.16. The number of hydrogen-bond acceptors (Lipinski definition) is 2. The summed E-state index contributed by atoms with van der Waals surface area (Å²) in [5, 5.41) is 7.94. The summed E-state index contributed by atoms with van der Waals surface area (Å²) in [5.41, 5.74) is 1.05. The second-order valence-electron chi connectivity index (χ2n) is 4.09. The average Bonchev–Trinajstić information content (AvgIpc) is 3.04. The van der Waals surface area contributed by atoms with E-state index in [2.05, 4.69) is 32.8 Å². The van der Waals surface area contributed by atoms with Crippen molar-refractivity contribution in [2.45, 2.75) is 18.8 Å². The van der Waals surface area contributed by atoms with Crippen LogP contribution in [-0.2, 0) is 0 Å². The van der Waals surface area contributed by atoms with E-state index in [0.29, 0.717) is 10.7 Å². The molecule has 3 rings (SSSR count). The Morgan fingerprint density at radius 3 is 2.88 bits per heavy atom. The third-order valence-electron chi connectivity index (χ3n) is 2.79. The molecule has 1 fully saturated rings. The minimum Gasteiger partial charge on any atom is -0.271 e. The van der Waals surface area contributed by atoms with Gasteiger partial charge in [-0.25, -0.2) is 0 Å². The van der Waals surface area contributed by atoms with Crippen molar-refractivity contribution in [3.8, 4) is 5.69 Å². The van der Waals surface area contributed by atoms with Crippen LogP contribution < -0.4 is 0 Å². The Balaban J connectivity index is 2.20. The highest BCUT2D eigenvalue weighted by Crippen LogP contribution is 2.40. The normalized spacial score (nSPS) is 15.2. The molecular formula is C11H9ClIN3S. The minimum atomic E-state index is 0.550. The van der Waals surface area contributed by atoms with Crippen molar-refractivity contribution in [1.82, 2.24) is 14.8 Å². The van der Waals surface area contributed by atoms with E-state index in [1.54, 1.807) is 0 Å². The standard InChI is InChI=1S/C11H9ClIN3S/c12-7-3-4-9(8(13)5-7)16-10(6-1-2-6)14-15-11(16)17/h3-6H,1-2H2,(H,15,17). The number of benzene rings is 1. The molecule has 1 N–H and O–H groups in total. The van der Waals surface area contributed by atoms with E-state index in [9.17, 15) is 0 Å². The molecule has 0 aliphatic heterocycles. The Morgan fingerprint density at radius 1 is 1.47 bits per heavy atom. The Morgan fingerprint density at radius 2 is 2.24 bits per heavy atom. The fourth-order valence-electron chi connectivity index (χ4n) is 1.82. The lowest BCUT2D eigenvalue weighted by molar-refractivity contribution is 0.866. The summed E-state index contributed by atoms with van der Waals surface area (Å²) in [6.07, 6.45) is 2.40. The monoisotopic (exact) mass is 377 g/mol. The zero-order chi connectivity index (χ0) is 12.0. The van der Waals surface area contributed by atoms with Gasteiger partial charge in [-0.15, -0.1) is 0 Å². The van der Waals surface area contributed by atoms with Crippen LogP contribution in [0.1, 0.15) is 24.6 Å². The first kappa shape index (κ1) is 11.7. The molecule has 0 bridgehead atoms. The van der Waals surface area contributed by atoms with E-state index >= 15 is 0 Å². The molecular weight excluding hydrogens is 369 g/mol. The lowest BCUT2D eigenvalue weighted by atomic mass is 10.3. The number of hydrogen-bond donors (Lipinski definition) is 1. The molecule has 1 saturated carbocycles. The van der Waals surface area contributed by atoms with Crippen molar-refractivity contribution < 1.29 is 0 Å². The van der Waals surface area contributed by atoms with Crippen molar-refractivity contribution in [3.63, 3.8) is 0 Å². The van der Waals surface area contributed by atoms with Gasteiger partial charge in [-0.1, -0.05) is 11.6 Å². The van der Waals surface area contributed by atoms with Gasteiger partial charge in [0.2, 0.25) is 0 Å². The van der Waals surface area contributed by atoms with Crippen LogP contribution in [0.2, 0.25) is 5.02 Å². The number of nitrogens with zero attached hydrogens (tertiary/aromatic N) is 2. The molecule has 1 heterocycles. The van der Waals surface area contributed by atoms with Gasteiger partial charge >= 0.3 is 0 Å². The Kier molecular flexibility index (Phi) is 3.00. The number of aromatic nitrogens is 3. The smallest absolute Gasteiger partial charge is 0.199 e. The van der Waals surface area contributed by atoms with Crippen LogP contribution in [0.25, 0.3) is 5.69 Å². The largest absolute Gasteiger partial charge is 0.271 e. The minimum absolute atomic E-state index is 0.550. The highest BCUT2D eigenvalue weighted by Gasteiger charge is 2.29. The summed E-state index contributed by atoms with van der Waals surface area (Å²) in [6, 6.07) is 5.80. The second kappa shape index (κ2) is 4.37. The summed E-state index contributed by atoms with van der Waals surface area (Å²) >= 11 is 13.5. The predicted octanol–water partition coefficient (Wildman–Crippen LogP) is 4.07. The molecule has 3 nitrogen and oxygen atoms in total. The summed E-state index contributed by atoms with van der Waals surface area (Å²) in [7, 11) is 0. The van der Waals surface area contributed by atoms with Gasteiger partial charge in [-0.05, 0) is 65.8 Å². The molecule has 1 aliphatic rings. The van der Waals surface area contributed by atoms with Crippen LogP contribution in [0.15, 0.2) is 18.2 Å². The molecule has 0 amide bonds. The summed E-state index contributed by atoms with van der Waals surface area (Å²) < 4.78 is 3.74. The number of H-pyrrole nitrogens is 1. The molecule has 88 valence electrons. The van der Waals surface area contributed by atoms with Gasteiger partial charge in [-0.2, -0.15) is 5.10 Å². The van der Waals surface area contributed by atoms with E-state index in [-0.39, 0.29) is 0 Å². The molecule has 0 saturated heterocycles. The molecule has 0 unspecified atom stereocenters. The van der Waals surface area contributed by atoms with Crippen LogP contribution in [-0.4, -0.2) is 14.8 Å². The molecule has 1 aromatic heterocycles. The summed E-state index contributed by atoms with van der Waals surface area (Å²) in [6.45, 7) is 0. The number of rotatable bonds is 2. The maximum atomic E-state index is 5.97. The van der Waals surface area contributed by atoms with Crippen molar-refractivity contribution in [1.29, 1.82) is 0 Å². The van der Waals surface area contributed by atoms with Gasteiger partial charge in [0.05, 0.1) is 5.69 Å². The van der Waals surface area contributed by atoms with Crippen molar-refractivity contribution >= 4 is 46.4 Å². The first-order chi connectivity index (χ1) is 8.16. The molecule has 17 heavy (non-hydrogen) atoms. The highest BCUT2D eigenvalue weighted by atomic mass is 127. The quantitative estimate of drug-likeness (QED) is 0.632. The Bertz CT molecular complexity index is 630. The SMILES string of the molecule is S=c1[nH]nc(C2CC2)n1-c1ccc(Cl)cc1I. The van der Waals surface area contributed by atoms with E-state index in [0.717, 1.165) is 20.1 Å². The van der Waals surface area contributed by atoms with Crippen molar-refractivity contribution in [2.24, 2.45) is 0 Å². The van der Waals surface area contributed by atoms with Gasteiger partial charge in [0, 0.05) is 14.5 Å². The lowest BCUT2D eigenvalue weighted by Gasteiger charge is -2.08. The highest BCUT2D eigenvalue weighted by molar-refractivity contribution is 14.1. The van der Waals surface area contributed by atoms with Gasteiger partial charge in [-0.3, -0.25) is 9.67 Å². The fourth-order valence-corrected chi connectivity index (χ4v) is 3.17. The van der Waals surface area contributed by atoms with Crippen LogP contribution in [0, 0.1) is 8.34 Å². The third kappa shape index (κ3) is 2.15. The van der Waals surface area contributed by atoms with Crippen LogP contribution in [0.5, 0.6) is 0 Å². The van der Waals surface area contributed by atoms with Gasteiger partial charge < -0.3 is 0 Å². The second-order valence-corrected chi connectivity index (χ2v) is 6.08. The van der Waals surface area contributed by atoms with E-state index < -0.39 is 0 Å². The Hall–Kier alpha value is -0.400. The maximum Gasteiger partial charge on any atom is 0.199 e. The van der Waals surface area contributed by atoms with Crippen LogP contribution in [0.4, 0.5) is 0 Å². The Labute approximate surface area is 122 Å². The van der Waals surface area contributed by atoms with Crippen LogP contribution in [0.3, 0.4) is 0 Å². The van der Waals surface area contributed by atoms with Gasteiger partial charge in [0.1, 0.15) is 5.82 Å². The van der Waals surface area contributed by atoms with Gasteiger partial charge in [0.25, 0.3) is 0 Å². The maximum absolute atomic E-state index is 5.97. The zero-order valence-corrected chi connectivity index (χ0v) is 12.5. The first-order valence-corrected chi connectivity index (χ1v) is 7.16. The molecule has 1 aliphatic carbocycles. The summed E-state index contributed by atoms with van der Waals surface area (Å²) in [5.74, 6) is 1.59. The van der Waals surface area contributed by atoms with E-state index in [1.807, 2.05) is 22.8 Å².